The minimum Gasteiger partial charge on any atom is -0.460 e. The largest absolute Gasteiger partial charge is 0.460 e. The summed E-state index contributed by atoms with van der Waals surface area (Å²) in [6, 6.07) is 0. The van der Waals surface area contributed by atoms with Gasteiger partial charge >= 0.3 is 5.97 Å². The van der Waals surface area contributed by atoms with E-state index < -0.39 is 18.2 Å². The van der Waals surface area contributed by atoms with Crippen LogP contribution in [0.4, 0.5) is 0 Å². The molecule has 0 spiro atoms. The highest BCUT2D eigenvalue weighted by molar-refractivity contribution is 5.66. The van der Waals surface area contributed by atoms with Crippen LogP contribution in [0.5, 0.6) is 0 Å². The van der Waals surface area contributed by atoms with Gasteiger partial charge in [0, 0.05) is 6.92 Å². The van der Waals surface area contributed by atoms with E-state index in [-0.39, 0.29) is 0 Å². The summed E-state index contributed by atoms with van der Waals surface area (Å²) in [5.41, 5.74) is 0.603. The fourth-order valence-electron chi connectivity index (χ4n) is 0.900. The highest BCUT2D eigenvalue weighted by Crippen LogP contribution is 2.10. The normalized spacial score (nSPS) is 15.0. The Hall–Kier alpha value is -0.870. The van der Waals surface area contributed by atoms with Gasteiger partial charge in [0.25, 0.3) is 0 Å². The summed E-state index contributed by atoms with van der Waals surface area (Å²) in [4.78, 5) is 14.6. The SMILES string of the molecule is C=C(C)[C@H](OO)[C@H](C)OC(C)=O. The molecule has 0 fully saturated rings. The molecule has 4 nitrogen and oxygen atoms in total. The lowest BCUT2D eigenvalue weighted by atomic mass is 10.1. The molecule has 0 aliphatic carbocycles. The summed E-state index contributed by atoms with van der Waals surface area (Å²) in [6.45, 7) is 8.18. The van der Waals surface area contributed by atoms with Crippen LogP contribution in [0.25, 0.3) is 0 Å². The molecular weight excluding hydrogens is 160 g/mol. The molecule has 4 heteroatoms. The van der Waals surface area contributed by atoms with Crippen molar-refractivity contribution in [3.05, 3.63) is 12.2 Å². The van der Waals surface area contributed by atoms with Crippen molar-refractivity contribution in [3.8, 4) is 0 Å². The minimum atomic E-state index is -0.658. The van der Waals surface area contributed by atoms with Gasteiger partial charge in [0.05, 0.1) is 0 Å². The first-order valence-electron chi connectivity index (χ1n) is 3.62. The maximum absolute atomic E-state index is 10.5. The smallest absolute Gasteiger partial charge is 0.302 e. The van der Waals surface area contributed by atoms with Crippen molar-refractivity contribution in [3.63, 3.8) is 0 Å². The number of esters is 1. The molecule has 1 N–H and O–H groups in total. The summed E-state index contributed by atoms with van der Waals surface area (Å²) in [7, 11) is 0. The number of carbonyl (C=O) groups excluding carboxylic acids is 1. The highest BCUT2D eigenvalue weighted by Gasteiger charge is 2.21. The second kappa shape index (κ2) is 4.90. The van der Waals surface area contributed by atoms with E-state index in [1.54, 1.807) is 13.8 Å². The van der Waals surface area contributed by atoms with Gasteiger partial charge in [-0.3, -0.25) is 10.1 Å². The number of ether oxygens (including phenoxy) is 1. The van der Waals surface area contributed by atoms with Crippen LogP contribution in [0.2, 0.25) is 0 Å². The highest BCUT2D eigenvalue weighted by atomic mass is 17.1. The Balaban J connectivity index is 4.11. The van der Waals surface area contributed by atoms with E-state index in [2.05, 4.69) is 11.5 Å². The molecule has 0 heterocycles. The minimum absolute atomic E-state index is 0.411. The fraction of sp³-hybridized carbons (Fsp3) is 0.625. The summed E-state index contributed by atoms with van der Waals surface area (Å²) in [5, 5.41) is 8.43. The van der Waals surface area contributed by atoms with Crippen molar-refractivity contribution in [1.29, 1.82) is 0 Å². The molecule has 0 aromatic heterocycles. The molecule has 0 radical (unpaired) electrons. The van der Waals surface area contributed by atoms with E-state index in [0.29, 0.717) is 5.57 Å². The molecule has 0 rings (SSSR count). The molecular formula is C8H14O4. The maximum atomic E-state index is 10.5. The van der Waals surface area contributed by atoms with Gasteiger partial charge in [-0.25, -0.2) is 4.89 Å². The Morgan fingerprint density at radius 1 is 1.50 bits per heavy atom. The topological polar surface area (TPSA) is 55.8 Å². The lowest BCUT2D eigenvalue weighted by Crippen LogP contribution is -2.30. The van der Waals surface area contributed by atoms with Crippen LogP contribution in [0.1, 0.15) is 20.8 Å². The van der Waals surface area contributed by atoms with Gasteiger partial charge in [-0.05, 0) is 19.4 Å². The van der Waals surface area contributed by atoms with Crippen LogP contribution in [0.3, 0.4) is 0 Å². The van der Waals surface area contributed by atoms with Crippen molar-refractivity contribution in [2.75, 3.05) is 0 Å². The number of hydrogen-bond donors (Lipinski definition) is 1. The second-order valence-electron chi connectivity index (χ2n) is 2.69. The van der Waals surface area contributed by atoms with Crippen LogP contribution in [0.15, 0.2) is 12.2 Å². The molecule has 0 aliphatic rings. The molecule has 0 saturated carbocycles. The third-order valence-corrected chi connectivity index (χ3v) is 1.38. The Labute approximate surface area is 71.7 Å². The standard InChI is InChI=1S/C8H14O4/c1-5(2)8(12-10)6(3)11-7(4)9/h6,8,10H,1H2,2-4H3/t6-,8-/m0/s1. The molecule has 0 amide bonds. The van der Waals surface area contributed by atoms with Crippen molar-refractivity contribution in [1.82, 2.24) is 0 Å². The lowest BCUT2D eigenvalue weighted by molar-refractivity contribution is -0.285. The van der Waals surface area contributed by atoms with Gasteiger partial charge in [0.1, 0.15) is 12.2 Å². The summed E-state index contributed by atoms with van der Waals surface area (Å²) < 4.78 is 4.78. The van der Waals surface area contributed by atoms with E-state index in [1.807, 2.05) is 0 Å². The number of carbonyl (C=O) groups is 1. The Morgan fingerprint density at radius 2 is 2.00 bits per heavy atom. The first-order valence-corrected chi connectivity index (χ1v) is 3.62. The van der Waals surface area contributed by atoms with Gasteiger partial charge in [0.15, 0.2) is 0 Å². The van der Waals surface area contributed by atoms with E-state index >= 15 is 0 Å². The zero-order valence-corrected chi connectivity index (χ0v) is 7.53. The van der Waals surface area contributed by atoms with Gasteiger partial charge in [-0.2, -0.15) is 0 Å². The van der Waals surface area contributed by atoms with Crippen molar-refractivity contribution >= 4 is 5.97 Å². The fourth-order valence-corrected chi connectivity index (χ4v) is 0.900. The van der Waals surface area contributed by atoms with E-state index in [4.69, 9.17) is 9.99 Å². The van der Waals surface area contributed by atoms with Crippen LogP contribution < -0.4 is 0 Å². The van der Waals surface area contributed by atoms with Gasteiger partial charge in [-0.15, -0.1) is 0 Å². The molecule has 0 aromatic carbocycles. The molecule has 70 valence electrons. The average molecular weight is 174 g/mol. The zero-order chi connectivity index (χ0) is 9.72. The second-order valence-corrected chi connectivity index (χ2v) is 2.69. The maximum Gasteiger partial charge on any atom is 0.302 e. The number of rotatable bonds is 4. The van der Waals surface area contributed by atoms with E-state index in [9.17, 15) is 4.79 Å². The first-order chi connectivity index (χ1) is 5.49. The third-order valence-electron chi connectivity index (χ3n) is 1.38. The van der Waals surface area contributed by atoms with Crippen LogP contribution in [0, 0.1) is 0 Å². The lowest BCUT2D eigenvalue weighted by Gasteiger charge is -2.20. The van der Waals surface area contributed by atoms with Gasteiger partial charge in [0.2, 0.25) is 0 Å². The van der Waals surface area contributed by atoms with E-state index in [1.165, 1.54) is 6.92 Å². The Bertz CT molecular complexity index is 176. The van der Waals surface area contributed by atoms with Crippen molar-refractivity contribution < 1.29 is 19.7 Å². The quantitative estimate of drug-likeness (QED) is 0.303. The first kappa shape index (κ1) is 11.1. The average Bonchev–Trinajstić information content (AvgIpc) is 1.85. The van der Waals surface area contributed by atoms with Crippen molar-refractivity contribution in [2.24, 2.45) is 0 Å². The van der Waals surface area contributed by atoms with Crippen LogP contribution >= 0.6 is 0 Å². The molecule has 0 bridgehead atoms. The third kappa shape index (κ3) is 3.50. The van der Waals surface area contributed by atoms with Crippen molar-refractivity contribution in [2.45, 2.75) is 33.0 Å². The van der Waals surface area contributed by atoms with Crippen LogP contribution in [-0.2, 0) is 14.4 Å². The molecule has 12 heavy (non-hydrogen) atoms. The zero-order valence-electron chi connectivity index (χ0n) is 7.53. The summed E-state index contributed by atoms with van der Waals surface area (Å²) in [6.07, 6.45) is -1.18. The molecule has 0 unspecified atom stereocenters. The summed E-state index contributed by atoms with van der Waals surface area (Å²) in [5.74, 6) is -0.411. The van der Waals surface area contributed by atoms with Crippen LogP contribution in [-0.4, -0.2) is 23.4 Å². The Kier molecular flexibility index (Phi) is 4.54. The predicted octanol–water partition coefficient (Wildman–Crippen LogP) is 1.37. The van der Waals surface area contributed by atoms with Gasteiger partial charge in [-0.1, -0.05) is 6.58 Å². The van der Waals surface area contributed by atoms with E-state index in [0.717, 1.165) is 0 Å². The predicted molar refractivity (Wildman–Crippen MR) is 43.5 cm³/mol. The molecule has 2 atom stereocenters. The summed E-state index contributed by atoms with van der Waals surface area (Å²) >= 11 is 0. The number of hydrogen-bond acceptors (Lipinski definition) is 4. The molecule has 0 saturated heterocycles. The van der Waals surface area contributed by atoms with Gasteiger partial charge < -0.3 is 4.74 Å². The molecule has 0 aliphatic heterocycles. The monoisotopic (exact) mass is 174 g/mol. The Morgan fingerprint density at radius 3 is 2.25 bits per heavy atom. The molecule has 0 aromatic rings.